The van der Waals surface area contributed by atoms with E-state index >= 15 is 0 Å². The molecule has 1 saturated heterocycles. The van der Waals surface area contributed by atoms with Gasteiger partial charge in [-0.15, -0.1) is 5.10 Å². The number of amidine groups is 1. The highest BCUT2D eigenvalue weighted by molar-refractivity contribution is 9.10. The highest BCUT2D eigenvalue weighted by Gasteiger charge is 2.34. The van der Waals surface area contributed by atoms with E-state index in [1.54, 1.807) is 42.8 Å². The van der Waals surface area contributed by atoms with Crippen LogP contribution in [0.1, 0.15) is 16.9 Å². The molecule has 1 aromatic heterocycles. The number of furan rings is 1. The van der Waals surface area contributed by atoms with Crippen LogP contribution < -0.4 is 4.74 Å². The number of phenols is 1. The third kappa shape index (κ3) is 5.12. The average molecular weight is 512 g/mol. The number of aromatic hydroxyl groups is 1. The fourth-order valence-corrected chi connectivity index (χ4v) is 4.30. The van der Waals surface area contributed by atoms with Crippen molar-refractivity contribution in [3.05, 3.63) is 87.1 Å². The number of methoxy groups -OCH3 is 1. The van der Waals surface area contributed by atoms with Crippen molar-refractivity contribution >= 4 is 51.1 Å². The van der Waals surface area contributed by atoms with E-state index in [2.05, 4.69) is 26.1 Å². The number of carbonyl (C=O) groups excluding carboxylic acids is 1. The topological polar surface area (TPSA) is 87.6 Å². The number of benzene rings is 2. The summed E-state index contributed by atoms with van der Waals surface area (Å²) in [4.78, 5) is 15.1. The third-order valence-corrected chi connectivity index (χ3v) is 5.97. The first-order chi connectivity index (χ1) is 15.5. The van der Waals surface area contributed by atoms with E-state index in [1.807, 2.05) is 24.3 Å². The van der Waals surface area contributed by atoms with Gasteiger partial charge in [-0.25, -0.2) is 0 Å². The SMILES string of the molecule is COc1cc(/C=C2\S/C(=N/N=C\c3cccc(Br)c3)N(Cc3ccco3)C2=O)ccc1O. The monoisotopic (exact) mass is 511 g/mol. The van der Waals surface area contributed by atoms with Crippen LogP contribution in [-0.4, -0.2) is 34.4 Å². The van der Waals surface area contributed by atoms with Crippen LogP contribution in [0, 0.1) is 0 Å². The number of rotatable bonds is 6. The number of carbonyl (C=O) groups is 1. The number of phenolic OH excluding ortho intramolecular Hbond substituents is 1. The molecule has 2 aromatic carbocycles. The van der Waals surface area contributed by atoms with Crippen LogP contribution in [0.4, 0.5) is 0 Å². The molecule has 0 bridgehead atoms. The maximum atomic E-state index is 13.1. The largest absolute Gasteiger partial charge is 0.504 e. The summed E-state index contributed by atoms with van der Waals surface area (Å²) in [7, 11) is 1.47. The number of ether oxygens (including phenoxy) is 1. The van der Waals surface area contributed by atoms with Crippen molar-refractivity contribution in [2.75, 3.05) is 7.11 Å². The van der Waals surface area contributed by atoms with E-state index in [4.69, 9.17) is 9.15 Å². The van der Waals surface area contributed by atoms with Crippen LogP contribution >= 0.6 is 27.7 Å². The summed E-state index contributed by atoms with van der Waals surface area (Å²) in [5, 5.41) is 18.7. The third-order valence-electron chi connectivity index (χ3n) is 4.48. The summed E-state index contributed by atoms with van der Waals surface area (Å²) in [6.45, 7) is 0.236. The minimum absolute atomic E-state index is 0.0311. The number of amides is 1. The molecular formula is C23H18BrN3O4S. The zero-order chi connectivity index (χ0) is 22.5. The first kappa shape index (κ1) is 21.9. The summed E-state index contributed by atoms with van der Waals surface area (Å²) in [6.07, 6.45) is 4.91. The van der Waals surface area contributed by atoms with Crippen molar-refractivity contribution in [1.29, 1.82) is 0 Å². The van der Waals surface area contributed by atoms with Gasteiger partial charge in [0.1, 0.15) is 5.76 Å². The second-order valence-electron chi connectivity index (χ2n) is 6.69. The molecule has 0 unspecified atom stereocenters. The molecule has 1 aliphatic heterocycles. The molecule has 162 valence electrons. The summed E-state index contributed by atoms with van der Waals surface area (Å²) in [5.41, 5.74) is 1.59. The molecule has 0 aliphatic carbocycles. The minimum Gasteiger partial charge on any atom is -0.504 e. The minimum atomic E-state index is -0.213. The van der Waals surface area contributed by atoms with Crippen molar-refractivity contribution in [3.8, 4) is 11.5 Å². The van der Waals surface area contributed by atoms with Crippen molar-refractivity contribution in [2.45, 2.75) is 6.54 Å². The zero-order valence-electron chi connectivity index (χ0n) is 16.9. The van der Waals surface area contributed by atoms with Crippen LogP contribution in [-0.2, 0) is 11.3 Å². The van der Waals surface area contributed by atoms with E-state index in [0.717, 1.165) is 10.0 Å². The fourth-order valence-electron chi connectivity index (χ4n) is 2.95. The van der Waals surface area contributed by atoms with E-state index in [9.17, 15) is 9.90 Å². The lowest BCUT2D eigenvalue weighted by Crippen LogP contribution is -2.28. The van der Waals surface area contributed by atoms with Crippen molar-refractivity contribution < 1.29 is 19.1 Å². The molecule has 0 radical (unpaired) electrons. The Morgan fingerprint density at radius 1 is 1.19 bits per heavy atom. The second kappa shape index (κ2) is 9.88. The first-order valence-corrected chi connectivity index (χ1v) is 11.1. The maximum Gasteiger partial charge on any atom is 0.267 e. The molecule has 7 nitrogen and oxygen atoms in total. The summed E-state index contributed by atoms with van der Waals surface area (Å²) in [5.74, 6) is 0.781. The number of nitrogens with zero attached hydrogens (tertiary/aromatic N) is 3. The van der Waals surface area contributed by atoms with Crippen molar-refractivity contribution in [3.63, 3.8) is 0 Å². The van der Waals surface area contributed by atoms with Crippen LogP contribution in [0.15, 0.2) is 84.9 Å². The molecule has 1 aliphatic rings. The molecule has 0 saturated carbocycles. The fraction of sp³-hybridized carbons (Fsp3) is 0.0870. The normalized spacial score (nSPS) is 16.6. The molecule has 1 amide bonds. The zero-order valence-corrected chi connectivity index (χ0v) is 19.3. The molecule has 32 heavy (non-hydrogen) atoms. The van der Waals surface area contributed by atoms with Gasteiger partial charge in [-0.1, -0.05) is 34.1 Å². The molecule has 0 atom stereocenters. The second-order valence-corrected chi connectivity index (χ2v) is 8.62. The molecule has 0 spiro atoms. The van der Waals surface area contributed by atoms with Gasteiger partial charge in [0.2, 0.25) is 0 Å². The predicted molar refractivity (Wildman–Crippen MR) is 129 cm³/mol. The summed E-state index contributed by atoms with van der Waals surface area (Å²) < 4.78 is 11.5. The highest BCUT2D eigenvalue weighted by Crippen LogP contribution is 2.35. The van der Waals surface area contributed by atoms with Gasteiger partial charge in [-0.05, 0) is 65.4 Å². The maximum absolute atomic E-state index is 13.1. The Hall–Kier alpha value is -3.30. The average Bonchev–Trinajstić information content (AvgIpc) is 3.39. The van der Waals surface area contributed by atoms with Crippen LogP contribution in [0.3, 0.4) is 0 Å². The molecule has 3 aromatic rings. The molecule has 1 N–H and O–H groups in total. The van der Waals surface area contributed by atoms with E-state index in [-0.39, 0.29) is 18.2 Å². The van der Waals surface area contributed by atoms with Crippen LogP contribution in [0.25, 0.3) is 6.08 Å². The molecular weight excluding hydrogens is 494 g/mol. The van der Waals surface area contributed by atoms with E-state index < -0.39 is 0 Å². The Bertz CT molecular complexity index is 1220. The van der Waals surface area contributed by atoms with Gasteiger partial charge in [0.05, 0.1) is 31.0 Å². The Balaban J connectivity index is 1.63. The van der Waals surface area contributed by atoms with Crippen molar-refractivity contribution in [2.24, 2.45) is 10.2 Å². The number of hydrogen-bond acceptors (Lipinski definition) is 7. The molecule has 1 fully saturated rings. The van der Waals surface area contributed by atoms with Gasteiger partial charge in [0.25, 0.3) is 5.91 Å². The first-order valence-electron chi connectivity index (χ1n) is 9.51. The smallest absolute Gasteiger partial charge is 0.267 e. The van der Waals surface area contributed by atoms with Crippen LogP contribution in [0.2, 0.25) is 0 Å². The Morgan fingerprint density at radius 3 is 2.81 bits per heavy atom. The lowest BCUT2D eigenvalue weighted by Gasteiger charge is -2.12. The van der Waals surface area contributed by atoms with Gasteiger partial charge in [-0.3, -0.25) is 9.69 Å². The quantitative estimate of drug-likeness (QED) is 0.277. The number of thioether (sulfide) groups is 1. The van der Waals surface area contributed by atoms with Gasteiger partial charge in [-0.2, -0.15) is 5.10 Å². The van der Waals surface area contributed by atoms with Crippen molar-refractivity contribution in [1.82, 2.24) is 4.90 Å². The summed E-state index contributed by atoms with van der Waals surface area (Å²) in [6, 6.07) is 16.1. The summed E-state index contributed by atoms with van der Waals surface area (Å²) >= 11 is 4.65. The number of halogens is 1. The van der Waals surface area contributed by atoms with Gasteiger partial charge < -0.3 is 14.3 Å². The Labute approximate surface area is 197 Å². The standard InChI is InChI=1S/C23H18BrN3O4S/c1-30-20-11-15(7-8-19(20)28)12-21-22(29)27(14-18-6-3-9-31-18)23(32-21)26-25-13-16-4-2-5-17(24)10-16/h2-13,28H,14H2,1H3/b21-12-,25-13-,26-23+. The van der Waals surface area contributed by atoms with Gasteiger partial charge >= 0.3 is 0 Å². The lowest BCUT2D eigenvalue weighted by atomic mass is 10.2. The Morgan fingerprint density at radius 2 is 2.06 bits per heavy atom. The predicted octanol–water partition coefficient (Wildman–Crippen LogP) is 5.26. The van der Waals surface area contributed by atoms with Gasteiger partial charge in [0, 0.05) is 4.47 Å². The Kier molecular flexibility index (Phi) is 6.77. The van der Waals surface area contributed by atoms with Gasteiger partial charge in [0.15, 0.2) is 16.7 Å². The number of hydrogen-bond donors (Lipinski definition) is 1. The molecule has 9 heteroatoms. The molecule has 2 heterocycles. The van der Waals surface area contributed by atoms with E-state index in [1.165, 1.54) is 29.8 Å². The molecule has 4 rings (SSSR count). The highest BCUT2D eigenvalue weighted by atomic mass is 79.9. The van der Waals surface area contributed by atoms with Crippen LogP contribution in [0.5, 0.6) is 11.5 Å². The lowest BCUT2D eigenvalue weighted by molar-refractivity contribution is -0.122. The van der Waals surface area contributed by atoms with E-state index in [0.29, 0.717) is 27.1 Å².